The number of hydrogen-bond acceptors (Lipinski definition) is 11. The molecule has 0 aliphatic carbocycles. The Balaban J connectivity index is 0.00000414. The number of ether oxygens (including phenoxy) is 2. The van der Waals surface area contributed by atoms with Crippen LogP contribution in [-0.4, -0.2) is 105 Å². The molecule has 3 atom stereocenters. The number of carbonyl (C=O) groups excluding carboxylic acids is 5. The number of benzene rings is 2. The Morgan fingerprint density at radius 3 is 2.05 bits per heavy atom. The Bertz CT molecular complexity index is 1720. The van der Waals surface area contributed by atoms with Crippen LogP contribution in [0.15, 0.2) is 36.4 Å². The number of nitriles is 1. The number of fused-ring (bicyclic) bond motifs is 5. The summed E-state index contributed by atoms with van der Waals surface area (Å²) in [6, 6.07) is 8.40. The molecule has 2 aromatic rings. The van der Waals surface area contributed by atoms with E-state index in [0.717, 1.165) is 25.8 Å². The average Bonchev–Trinajstić information content (AvgIpc) is 3.25. The molecule has 1 aliphatic rings. The average molecular weight is 851 g/mol. The summed E-state index contributed by atoms with van der Waals surface area (Å²) in [5.41, 5.74) is 12.6. The van der Waals surface area contributed by atoms with E-state index >= 15 is 0 Å². The largest absolute Gasteiger partial charge is 0.492 e. The van der Waals surface area contributed by atoms with Gasteiger partial charge in [0.2, 0.25) is 29.5 Å². The van der Waals surface area contributed by atoms with Gasteiger partial charge in [-0.05, 0) is 55.3 Å². The van der Waals surface area contributed by atoms with Crippen molar-refractivity contribution in [1.82, 2.24) is 26.2 Å². The first kappa shape index (κ1) is 51.9. The summed E-state index contributed by atoms with van der Waals surface area (Å²) in [4.78, 5) is 68.5. The Morgan fingerprint density at radius 1 is 0.852 bits per heavy atom. The fraction of sp³-hybridized carbons (Fsp3) is 0.600. The van der Waals surface area contributed by atoms with Crippen molar-refractivity contribution in [3.05, 3.63) is 47.5 Å². The maximum atomic E-state index is 14.2. The standard InChI is InChI=1S/C43H63N7O8.C2H7N/c1-4-5-6-7-8-9-10-11-12-13-14-15-38(52)47-29-39(53)50(3)40-32-17-19-37(57-24-21-45)34(28-32)33-26-31(16-18-36(33)58-25-23-51)27-35(42(55)46-22-20-44)49-41(54)30(2)48-43(40)56;1-2-3/h16-19,26,28,30,35,40,51H,4-15,21-25,27,29,45H2,1-3H3,(H,46,55)(H,47,52)(H,48,56)(H,49,54);2-3H2,1H3/t30-,35?,40?;/m0./s1. The number of aliphatic hydroxyl groups is 1. The van der Waals surface area contributed by atoms with Crippen molar-refractivity contribution in [1.29, 1.82) is 5.26 Å². The van der Waals surface area contributed by atoms with E-state index < -0.39 is 41.8 Å². The SMILES string of the molecule is CCCCCCCCCCCCCC(=O)NCC(=O)N(C)C1C(=O)N[C@@H](C)C(=O)NC(C(=O)NCC#N)Cc2ccc(OCCO)c(c2)-c2cc1ccc2OCCN.CCN. The second-order valence-corrected chi connectivity index (χ2v) is 15.0. The zero-order valence-corrected chi connectivity index (χ0v) is 36.7. The molecule has 0 spiro atoms. The molecule has 2 aromatic carbocycles. The van der Waals surface area contributed by atoms with Gasteiger partial charge < -0.3 is 52.2 Å². The van der Waals surface area contributed by atoms with Crippen LogP contribution in [0.4, 0.5) is 0 Å². The fourth-order valence-corrected chi connectivity index (χ4v) is 6.80. The van der Waals surface area contributed by atoms with Gasteiger partial charge in [-0.3, -0.25) is 24.0 Å². The minimum atomic E-state index is -1.28. The number of nitrogens with zero attached hydrogens (tertiary/aromatic N) is 2. The molecule has 0 radical (unpaired) electrons. The molecule has 16 heteroatoms. The molecule has 16 nitrogen and oxygen atoms in total. The maximum Gasteiger partial charge on any atom is 0.248 e. The van der Waals surface area contributed by atoms with Gasteiger partial charge >= 0.3 is 0 Å². The molecule has 0 aromatic heterocycles. The van der Waals surface area contributed by atoms with Crippen LogP contribution in [0.25, 0.3) is 11.1 Å². The Morgan fingerprint density at radius 2 is 1.44 bits per heavy atom. The highest BCUT2D eigenvalue weighted by Gasteiger charge is 2.33. The lowest BCUT2D eigenvalue weighted by atomic mass is 9.93. The highest BCUT2D eigenvalue weighted by Crippen LogP contribution is 2.40. The Kier molecular flexibility index (Phi) is 25.4. The minimum Gasteiger partial charge on any atom is -0.492 e. The zero-order valence-electron chi connectivity index (χ0n) is 36.7. The molecule has 338 valence electrons. The van der Waals surface area contributed by atoms with Crippen LogP contribution >= 0.6 is 0 Å². The second kappa shape index (κ2) is 29.9. The summed E-state index contributed by atoms with van der Waals surface area (Å²) in [5, 5.41) is 29.2. The number of nitrogens with two attached hydrogens (primary N) is 2. The summed E-state index contributed by atoms with van der Waals surface area (Å²) < 4.78 is 11.9. The van der Waals surface area contributed by atoms with Crippen molar-refractivity contribution in [3.63, 3.8) is 0 Å². The molecular weight excluding hydrogens is 781 g/mol. The van der Waals surface area contributed by atoms with Crippen LogP contribution in [0.5, 0.6) is 11.5 Å². The normalized spacial score (nSPS) is 16.0. The number of hydrogen-bond donors (Lipinski definition) is 7. The molecule has 61 heavy (non-hydrogen) atoms. The summed E-state index contributed by atoms with van der Waals surface area (Å²) in [7, 11) is 1.45. The van der Waals surface area contributed by atoms with Gasteiger partial charge in [0.05, 0.1) is 19.2 Å². The lowest BCUT2D eigenvalue weighted by Crippen LogP contribution is -2.55. The third-order valence-corrected chi connectivity index (χ3v) is 10.0. The summed E-state index contributed by atoms with van der Waals surface area (Å²) in [5.74, 6) is -2.02. The van der Waals surface area contributed by atoms with E-state index in [0.29, 0.717) is 40.2 Å². The van der Waals surface area contributed by atoms with E-state index in [4.69, 9.17) is 26.2 Å². The van der Waals surface area contributed by atoms with Gasteiger partial charge in [-0.25, -0.2) is 0 Å². The molecule has 9 N–H and O–H groups in total. The van der Waals surface area contributed by atoms with Gasteiger partial charge in [-0.15, -0.1) is 0 Å². The van der Waals surface area contributed by atoms with E-state index in [9.17, 15) is 29.1 Å². The number of unbranched alkanes of at least 4 members (excludes halogenated alkanes) is 10. The van der Waals surface area contributed by atoms with Crippen molar-refractivity contribution in [3.8, 4) is 28.7 Å². The van der Waals surface area contributed by atoms with E-state index in [2.05, 4.69) is 28.2 Å². The first-order chi connectivity index (χ1) is 29.4. The van der Waals surface area contributed by atoms with Crippen molar-refractivity contribution in [2.24, 2.45) is 11.5 Å². The van der Waals surface area contributed by atoms with E-state index in [1.165, 1.54) is 63.8 Å². The van der Waals surface area contributed by atoms with E-state index in [-0.39, 0.29) is 58.2 Å². The minimum absolute atomic E-state index is 0.0144. The molecule has 1 aliphatic heterocycles. The molecule has 5 amide bonds. The molecule has 0 fully saturated rings. The third kappa shape index (κ3) is 18.5. The van der Waals surface area contributed by atoms with Gasteiger partial charge in [0, 0.05) is 37.6 Å². The van der Waals surface area contributed by atoms with Crippen molar-refractivity contribution >= 4 is 29.5 Å². The number of rotatable bonds is 23. The second-order valence-electron chi connectivity index (χ2n) is 15.0. The first-order valence-electron chi connectivity index (χ1n) is 21.8. The molecule has 1 heterocycles. The third-order valence-electron chi connectivity index (χ3n) is 10.0. The van der Waals surface area contributed by atoms with Crippen LogP contribution in [-0.2, 0) is 30.4 Å². The number of carbonyl (C=O) groups is 5. The Hall–Kier alpha value is -5.24. The summed E-state index contributed by atoms with van der Waals surface area (Å²) in [6.45, 7) is 5.75. The molecule has 4 bridgehead atoms. The highest BCUT2D eigenvalue weighted by molar-refractivity contribution is 5.95. The van der Waals surface area contributed by atoms with Gasteiger partial charge in [0.15, 0.2) is 0 Å². The van der Waals surface area contributed by atoms with Gasteiger partial charge in [-0.2, -0.15) is 5.26 Å². The monoisotopic (exact) mass is 851 g/mol. The first-order valence-corrected chi connectivity index (χ1v) is 21.8. The number of likely N-dealkylation sites (N-methyl/N-ethyl adjacent to an activating group) is 1. The van der Waals surface area contributed by atoms with Crippen LogP contribution in [0.3, 0.4) is 0 Å². The molecule has 3 rings (SSSR count). The van der Waals surface area contributed by atoms with Gasteiger partial charge in [0.1, 0.15) is 49.4 Å². The van der Waals surface area contributed by atoms with Crippen LogP contribution in [0, 0.1) is 11.3 Å². The fourth-order valence-electron chi connectivity index (χ4n) is 6.80. The predicted octanol–water partition coefficient (Wildman–Crippen LogP) is 3.53. The van der Waals surface area contributed by atoms with Crippen molar-refractivity contribution < 1.29 is 38.6 Å². The van der Waals surface area contributed by atoms with Crippen LogP contribution in [0.2, 0.25) is 0 Å². The lowest BCUT2D eigenvalue weighted by Gasteiger charge is -2.30. The van der Waals surface area contributed by atoms with Crippen LogP contribution < -0.4 is 42.2 Å². The molecule has 2 unspecified atom stereocenters. The van der Waals surface area contributed by atoms with E-state index in [1.54, 1.807) is 36.4 Å². The molecular formula is C45H70N8O8. The van der Waals surface area contributed by atoms with Crippen LogP contribution in [0.1, 0.15) is 115 Å². The van der Waals surface area contributed by atoms with Crippen molar-refractivity contribution in [2.45, 2.75) is 122 Å². The predicted molar refractivity (Wildman–Crippen MR) is 235 cm³/mol. The summed E-state index contributed by atoms with van der Waals surface area (Å²) >= 11 is 0. The zero-order chi connectivity index (χ0) is 45.0. The highest BCUT2D eigenvalue weighted by atomic mass is 16.5. The van der Waals surface area contributed by atoms with Crippen molar-refractivity contribution in [2.75, 3.05) is 53.0 Å². The van der Waals surface area contributed by atoms with Gasteiger partial charge in [-0.1, -0.05) is 90.2 Å². The van der Waals surface area contributed by atoms with Gasteiger partial charge in [0.25, 0.3) is 0 Å². The summed E-state index contributed by atoms with van der Waals surface area (Å²) in [6.07, 6.45) is 13.0. The maximum absolute atomic E-state index is 14.2. The molecule has 0 saturated carbocycles. The smallest absolute Gasteiger partial charge is 0.248 e. The number of aliphatic hydroxyl groups excluding tert-OH is 1. The quantitative estimate of drug-likeness (QED) is 0.0629. The number of amides is 5. The number of nitrogens with one attached hydrogen (secondary N) is 4. The lowest BCUT2D eigenvalue weighted by molar-refractivity contribution is -0.140. The topological polar surface area (TPSA) is 251 Å². The van der Waals surface area contributed by atoms with E-state index in [1.807, 2.05) is 13.0 Å². The Labute approximate surface area is 361 Å². The molecule has 0 saturated heterocycles.